The number of nitro benzene ring substituents is 1. The van der Waals surface area contributed by atoms with E-state index in [1.165, 1.54) is 18.2 Å². The number of nitrogens with zero attached hydrogens (tertiary/aromatic N) is 2. The highest BCUT2D eigenvalue weighted by molar-refractivity contribution is 6.06. The number of para-hydroxylation sites is 2. The molecule has 0 saturated carbocycles. The molecule has 0 atom stereocenters. The minimum Gasteiger partial charge on any atom is -0.451 e. The van der Waals surface area contributed by atoms with Crippen molar-refractivity contribution in [1.82, 2.24) is 4.98 Å². The molecule has 8 heteroatoms. The Labute approximate surface area is 168 Å². The van der Waals surface area contributed by atoms with Gasteiger partial charge in [0, 0.05) is 17.5 Å². The molecular formula is C22H13N3O5. The largest absolute Gasteiger partial charge is 0.451 e. The first kappa shape index (κ1) is 17.6. The molecule has 1 amide bonds. The second kappa shape index (κ2) is 6.85. The van der Waals surface area contributed by atoms with Crippen LogP contribution < -0.4 is 5.32 Å². The zero-order chi connectivity index (χ0) is 20.7. The molecule has 2 aromatic heterocycles. The molecule has 3 aromatic carbocycles. The normalized spacial score (nSPS) is 11.1. The van der Waals surface area contributed by atoms with Gasteiger partial charge in [-0.15, -0.1) is 0 Å². The molecule has 0 aliphatic carbocycles. The summed E-state index contributed by atoms with van der Waals surface area (Å²) < 4.78 is 11.4. The Bertz CT molecular complexity index is 1400. The fourth-order valence-electron chi connectivity index (χ4n) is 3.20. The quantitative estimate of drug-likeness (QED) is 0.320. The first-order valence-corrected chi connectivity index (χ1v) is 9.03. The molecule has 0 spiro atoms. The number of rotatable bonds is 4. The van der Waals surface area contributed by atoms with Crippen LogP contribution in [0.25, 0.3) is 33.5 Å². The first-order chi connectivity index (χ1) is 14.6. The monoisotopic (exact) mass is 399 g/mol. The maximum Gasteiger partial charge on any atom is 0.291 e. The fourth-order valence-corrected chi connectivity index (χ4v) is 3.20. The SMILES string of the molecule is O=C(Nc1ccccc1-c1nc2cc([N+](=O)[O-])ccc2o1)c1cc2ccccc2o1. The third-order valence-electron chi connectivity index (χ3n) is 4.64. The molecule has 0 aliphatic heterocycles. The number of fused-ring (bicyclic) bond motifs is 2. The molecule has 8 nitrogen and oxygen atoms in total. The van der Waals surface area contributed by atoms with Crippen molar-refractivity contribution < 1.29 is 18.6 Å². The predicted molar refractivity (Wildman–Crippen MR) is 110 cm³/mol. The number of hydrogen-bond donors (Lipinski definition) is 1. The van der Waals surface area contributed by atoms with E-state index in [9.17, 15) is 14.9 Å². The molecular weight excluding hydrogens is 386 g/mol. The van der Waals surface area contributed by atoms with Crippen LogP contribution in [0, 0.1) is 10.1 Å². The van der Waals surface area contributed by atoms with Crippen LogP contribution in [0.3, 0.4) is 0 Å². The smallest absolute Gasteiger partial charge is 0.291 e. The Kier molecular flexibility index (Phi) is 4.03. The van der Waals surface area contributed by atoms with Gasteiger partial charge in [-0.2, -0.15) is 0 Å². The number of oxazole rings is 1. The van der Waals surface area contributed by atoms with Crippen molar-refractivity contribution in [1.29, 1.82) is 0 Å². The minimum atomic E-state index is -0.491. The van der Waals surface area contributed by atoms with Crippen LogP contribution >= 0.6 is 0 Å². The topological polar surface area (TPSA) is 111 Å². The number of amides is 1. The summed E-state index contributed by atoms with van der Waals surface area (Å²) in [6.45, 7) is 0. The van der Waals surface area contributed by atoms with E-state index in [1.807, 2.05) is 18.2 Å². The van der Waals surface area contributed by atoms with Crippen LogP contribution in [0.4, 0.5) is 11.4 Å². The summed E-state index contributed by atoms with van der Waals surface area (Å²) in [4.78, 5) is 27.6. The van der Waals surface area contributed by atoms with Crippen molar-refractivity contribution in [2.24, 2.45) is 0 Å². The van der Waals surface area contributed by atoms with E-state index in [-0.39, 0.29) is 17.3 Å². The molecule has 0 radical (unpaired) electrons. The van der Waals surface area contributed by atoms with Crippen LogP contribution in [0.5, 0.6) is 0 Å². The van der Waals surface area contributed by atoms with Gasteiger partial charge in [-0.05, 0) is 30.3 Å². The Morgan fingerprint density at radius 3 is 2.57 bits per heavy atom. The summed E-state index contributed by atoms with van der Waals surface area (Å²) in [7, 11) is 0. The number of hydrogen-bond acceptors (Lipinski definition) is 6. The number of benzene rings is 3. The van der Waals surface area contributed by atoms with Crippen molar-refractivity contribution in [3.63, 3.8) is 0 Å². The highest BCUT2D eigenvalue weighted by Crippen LogP contribution is 2.32. The number of furan rings is 1. The van der Waals surface area contributed by atoms with Crippen LogP contribution in [0.1, 0.15) is 10.6 Å². The van der Waals surface area contributed by atoms with Crippen molar-refractivity contribution >= 4 is 39.4 Å². The number of non-ortho nitro benzene ring substituents is 1. The molecule has 0 aliphatic rings. The third kappa shape index (κ3) is 3.06. The van der Waals surface area contributed by atoms with Gasteiger partial charge < -0.3 is 14.2 Å². The summed E-state index contributed by atoms with van der Waals surface area (Å²) >= 11 is 0. The van der Waals surface area contributed by atoms with Gasteiger partial charge >= 0.3 is 0 Å². The van der Waals surface area contributed by atoms with Crippen LogP contribution in [0.2, 0.25) is 0 Å². The van der Waals surface area contributed by atoms with Gasteiger partial charge in [-0.25, -0.2) is 4.98 Å². The number of carbonyl (C=O) groups excluding carboxylic acids is 1. The Hall–Kier alpha value is -4.46. The van der Waals surface area contributed by atoms with Gasteiger partial charge in [-0.3, -0.25) is 14.9 Å². The lowest BCUT2D eigenvalue weighted by molar-refractivity contribution is -0.384. The van der Waals surface area contributed by atoms with Gasteiger partial charge in [0.25, 0.3) is 11.6 Å². The van der Waals surface area contributed by atoms with Crippen LogP contribution in [-0.4, -0.2) is 15.8 Å². The van der Waals surface area contributed by atoms with Crippen molar-refractivity contribution in [2.75, 3.05) is 5.32 Å². The van der Waals surface area contributed by atoms with Crippen molar-refractivity contribution in [3.05, 3.63) is 88.7 Å². The van der Waals surface area contributed by atoms with E-state index >= 15 is 0 Å². The van der Waals surface area contributed by atoms with E-state index in [4.69, 9.17) is 8.83 Å². The molecule has 2 heterocycles. The number of carbonyl (C=O) groups is 1. The summed E-state index contributed by atoms with van der Waals surface area (Å²) in [6, 6.07) is 20.2. The molecule has 5 aromatic rings. The molecule has 1 N–H and O–H groups in total. The van der Waals surface area contributed by atoms with Gasteiger partial charge in [-0.1, -0.05) is 30.3 Å². The number of anilines is 1. The van der Waals surface area contributed by atoms with E-state index in [0.717, 1.165) is 5.39 Å². The Balaban J connectivity index is 1.50. The lowest BCUT2D eigenvalue weighted by atomic mass is 10.1. The maximum absolute atomic E-state index is 12.7. The highest BCUT2D eigenvalue weighted by atomic mass is 16.6. The number of nitro groups is 1. The Morgan fingerprint density at radius 1 is 0.933 bits per heavy atom. The van der Waals surface area contributed by atoms with Gasteiger partial charge in [0.15, 0.2) is 11.3 Å². The molecule has 0 unspecified atom stereocenters. The second-order valence-electron chi connectivity index (χ2n) is 6.58. The third-order valence-corrected chi connectivity index (χ3v) is 4.64. The van der Waals surface area contributed by atoms with E-state index in [0.29, 0.717) is 27.9 Å². The molecule has 0 bridgehead atoms. The van der Waals surface area contributed by atoms with Crippen molar-refractivity contribution in [2.45, 2.75) is 0 Å². The number of aromatic nitrogens is 1. The summed E-state index contributed by atoms with van der Waals surface area (Å²) in [5.74, 6) is 0.00981. The fraction of sp³-hybridized carbons (Fsp3) is 0. The first-order valence-electron chi connectivity index (χ1n) is 9.03. The van der Waals surface area contributed by atoms with Gasteiger partial charge in [0.2, 0.25) is 5.89 Å². The van der Waals surface area contributed by atoms with Gasteiger partial charge in [0.05, 0.1) is 16.2 Å². The summed E-state index contributed by atoms with van der Waals surface area (Å²) in [6.07, 6.45) is 0. The molecule has 30 heavy (non-hydrogen) atoms. The van der Waals surface area contributed by atoms with Crippen LogP contribution in [-0.2, 0) is 0 Å². The van der Waals surface area contributed by atoms with Crippen molar-refractivity contribution in [3.8, 4) is 11.5 Å². The zero-order valence-electron chi connectivity index (χ0n) is 15.4. The lowest BCUT2D eigenvalue weighted by Gasteiger charge is -2.07. The van der Waals surface area contributed by atoms with Gasteiger partial charge in [0.1, 0.15) is 11.1 Å². The summed E-state index contributed by atoms with van der Waals surface area (Å²) in [5.41, 5.74) is 2.33. The molecule has 146 valence electrons. The molecule has 5 rings (SSSR count). The zero-order valence-corrected chi connectivity index (χ0v) is 15.4. The predicted octanol–water partition coefficient (Wildman–Crippen LogP) is 5.40. The molecule has 0 fully saturated rings. The molecule has 0 saturated heterocycles. The van der Waals surface area contributed by atoms with E-state index in [2.05, 4.69) is 10.3 Å². The van der Waals surface area contributed by atoms with E-state index in [1.54, 1.807) is 36.4 Å². The highest BCUT2D eigenvalue weighted by Gasteiger charge is 2.18. The average molecular weight is 399 g/mol. The minimum absolute atomic E-state index is 0.0752. The Morgan fingerprint density at radius 2 is 1.73 bits per heavy atom. The lowest BCUT2D eigenvalue weighted by Crippen LogP contribution is -2.11. The average Bonchev–Trinajstić information content (AvgIpc) is 3.37. The maximum atomic E-state index is 12.7. The summed E-state index contributed by atoms with van der Waals surface area (Å²) in [5, 5.41) is 14.6. The van der Waals surface area contributed by atoms with E-state index < -0.39 is 10.8 Å². The van der Waals surface area contributed by atoms with Crippen LogP contribution in [0.15, 0.2) is 81.6 Å². The standard InChI is InChI=1S/C22H13N3O5/c26-21(20-11-13-5-1-4-8-18(13)29-20)23-16-7-3-2-6-15(16)22-24-17-12-14(25(27)28)9-10-19(17)30-22/h1-12H,(H,23,26). The second-order valence-corrected chi connectivity index (χ2v) is 6.58. The number of nitrogens with one attached hydrogen (secondary N) is 1.